The van der Waals surface area contributed by atoms with Gasteiger partial charge in [0.2, 0.25) is 0 Å². The summed E-state index contributed by atoms with van der Waals surface area (Å²) in [6, 6.07) is 1.32. The third-order valence-corrected chi connectivity index (χ3v) is 2.19. The standard InChI is InChI=1S/C9H10ClF2NO/c1-5-2-6(9(11)12)7(3-10)13-8(5)4-14/h2,9,14H,3-4H2,1H3. The van der Waals surface area contributed by atoms with Gasteiger partial charge in [-0.3, -0.25) is 4.98 Å². The molecule has 0 saturated carbocycles. The number of aliphatic hydroxyl groups is 1. The molecule has 0 aliphatic carbocycles. The molecule has 1 heterocycles. The minimum absolute atomic E-state index is 0.0764. The summed E-state index contributed by atoms with van der Waals surface area (Å²) in [5.74, 6) is -0.0764. The number of rotatable bonds is 3. The Morgan fingerprint density at radius 1 is 1.50 bits per heavy atom. The predicted molar refractivity (Wildman–Crippen MR) is 49.4 cm³/mol. The van der Waals surface area contributed by atoms with Crippen LogP contribution in [-0.4, -0.2) is 10.1 Å². The SMILES string of the molecule is Cc1cc(C(F)F)c(CCl)nc1CO. The number of nitrogens with zero attached hydrogens (tertiary/aromatic N) is 1. The number of hydrogen-bond donors (Lipinski definition) is 1. The molecule has 0 aliphatic heterocycles. The van der Waals surface area contributed by atoms with Gasteiger partial charge in [0.1, 0.15) is 0 Å². The van der Waals surface area contributed by atoms with Crippen molar-refractivity contribution in [2.24, 2.45) is 0 Å². The van der Waals surface area contributed by atoms with Gasteiger partial charge in [0, 0.05) is 5.56 Å². The summed E-state index contributed by atoms with van der Waals surface area (Å²) < 4.78 is 24.9. The first-order valence-electron chi connectivity index (χ1n) is 4.04. The first-order chi connectivity index (χ1) is 6.60. The van der Waals surface area contributed by atoms with Gasteiger partial charge in [-0.2, -0.15) is 0 Å². The Kier molecular flexibility index (Phi) is 3.77. The maximum Gasteiger partial charge on any atom is 0.265 e. The first kappa shape index (κ1) is 11.3. The van der Waals surface area contributed by atoms with Gasteiger partial charge in [0.25, 0.3) is 6.43 Å². The Balaban J connectivity index is 3.24. The van der Waals surface area contributed by atoms with Crippen molar-refractivity contribution in [3.8, 4) is 0 Å². The van der Waals surface area contributed by atoms with Crippen LogP contribution in [0.5, 0.6) is 0 Å². The van der Waals surface area contributed by atoms with Crippen LogP contribution in [0, 0.1) is 6.92 Å². The van der Waals surface area contributed by atoms with Gasteiger partial charge in [0.15, 0.2) is 0 Å². The molecule has 0 bridgehead atoms. The van der Waals surface area contributed by atoms with Gasteiger partial charge < -0.3 is 5.11 Å². The molecule has 14 heavy (non-hydrogen) atoms. The van der Waals surface area contributed by atoms with Crippen LogP contribution in [0.1, 0.15) is 28.9 Å². The summed E-state index contributed by atoms with van der Waals surface area (Å²) in [7, 11) is 0. The molecule has 0 atom stereocenters. The highest BCUT2D eigenvalue weighted by Crippen LogP contribution is 2.25. The highest BCUT2D eigenvalue weighted by atomic mass is 35.5. The zero-order valence-corrected chi connectivity index (χ0v) is 8.35. The van der Waals surface area contributed by atoms with Crippen LogP contribution in [0.2, 0.25) is 0 Å². The van der Waals surface area contributed by atoms with Gasteiger partial charge in [-0.15, -0.1) is 11.6 Å². The Hall–Kier alpha value is -0.740. The van der Waals surface area contributed by atoms with Gasteiger partial charge in [0.05, 0.1) is 23.9 Å². The lowest BCUT2D eigenvalue weighted by Gasteiger charge is -2.09. The maximum atomic E-state index is 12.5. The topological polar surface area (TPSA) is 33.1 Å². The van der Waals surface area contributed by atoms with Crippen molar-refractivity contribution in [2.75, 3.05) is 0 Å². The molecule has 0 spiro atoms. The summed E-state index contributed by atoms with van der Waals surface area (Å²) in [5, 5.41) is 8.87. The molecule has 0 fully saturated rings. The van der Waals surface area contributed by atoms with Crippen LogP contribution in [-0.2, 0) is 12.5 Å². The van der Waals surface area contributed by atoms with Gasteiger partial charge in [-0.25, -0.2) is 8.78 Å². The van der Waals surface area contributed by atoms with Gasteiger partial charge >= 0.3 is 0 Å². The van der Waals surface area contributed by atoms with Crippen molar-refractivity contribution >= 4 is 11.6 Å². The van der Waals surface area contributed by atoms with Crippen molar-refractivity contribution in [3.05, 3.63) is 28.6 Å². The van der Waals surface area contributed by atoms with Crippen LogP contribution in [0.15, 0.2) is 6.07 Å². The number of pyridine rings is 1. The smallest absolute Gasteiger partial charge is 0.265 e. The lowest BCUT2D eigenvalue weighted by atomic mass is 10.1. The monoisotopic (exact) mass is 221 g/mol. The molecule has 78 valence electrons. The maximum absolute atomic E-state index is 12.5. The Morgan fingerprint density at radius 3 is 2.57 bits per heavy atom. The van der Waals surface area contributed by atoms with Crippen molar-refractivity contribution in [2.45, 2.75) is 25.8 Å². The average molecular weight is 222 g/mol. The van der Waals surface area contributed by atoms with E-state index in [4.69, 9.17) is 16.7 Å². The summed E-state index contributed by atoms with van der Waals surface area (Å²) in [5.41, 5.74) is 0.924. The predicted octanol–water partition coefficient (Wildman–Crippen LogP) is 2.56. The summed E-state index contributed by atoms with van der Waals surface area (Å²) in [6.07, 6.45) is -2.58. The molecule has 2 nitrogen and oxygen atoms in total. The van der Waals surface area contributed by atoms with E-state index in [0.29, 0.717) is 11.3 Å². The molecule has 1 N–H and O–H groups in total. The second-order valence-corrected chi connectivity index (χ2v) is 3.15. The highest BCUT2D eigenvalue weighted by molar-refractivity contribution is 6.17. The van der Waals surface area contributed by atoms with E-state index in [1.54, 1.807) is 6.92 Å². The minimum Gasteiger partial charge on any atom is -0.390 e. The van der Waals surface area contributed by atoms with Crippen molar-refractivity contribution in [1.82, 2.24) is 4.98 Å². The number of aromatic nitrogens is 1. The second-order valence-electron chi connectivity index (χ2n) is 2.88. The fraction of sp³-hybridized carbons (Fsp3) is 0.444. The summed E-state index contributed by atoms with van der Waals surface area (Å²) in [6.45, 7) is 1.36. The fourth-order valence-corrected chi connectivity index (χ4v) is 1.39. The second kappa shape index (κ2) is 4.66. The summed E-state index contributed by atoms with van der Waals surface area (Å²) >= 11 is 5.48. The Labute approximate surface area is 85.5 Å². The molecule has 0 aromatic carbocycles. The molecule has 5 heteroatoms. The highest BCUT2D eigenvalue weighted by Gasteiger charge is 2.15. The average Bonchev–Trinajstić information content (AvgIpc) is 2.17. The molecule has 0 radical (unpaired) electrons. The summed E-state index contributed by atoms with van der Waals surface area (Å²) in [4.78, 5) is 3.87. The van der Waals surface area contributed by atoms with E-state index in [1.165, 1.54) is 6.07 Å². The van der Waals surface area contributed by atoms with Crippen LogP contribution >= 0.6 is 11.6 Å². The fourth-order valence-electron chi connectivity index (χ4n) is 1.17. The van der Waals surface area contributed by atoms with E-state index < -0.39 is 6.43 Å². The third kappa shape index (κ3) is 2.19. The lowest BCUT2D eigenvalue weighted by molar-refractivity contribution is 0.149. The van der Waals surface area contributed by atoms with Crippen molar-refractivity contribution < 1.29 is 13.9 Å². The van der Waals surface area contributed by atoms with Crippen LogP contribution < -0.4 is 0 Å². The van der Waals surface area contributed by atoms with E-state index in [-0.39, 0.29) is 23.7 Å². The van der Waals surface area contributed by atoms with Crippen molar-refractivity contribution in [1.29, 1.82) is 0 Å². The molecule has 0 amide bonds. The molecule has 0 unspecified atom stereocenters. The third-order valence-electron chi connectivity index (χ3n) is 1.94. The largest absolute Gasteiger partial charge is 0.390 e. The van der Waals surface area contributed by atoms with Crippen molar-refractivity contribution in [3.63, 3.8) is 0 Å². The number of aliphatic hydroxyl groups excluding tert-OH is 1. The number of halogens is 3. The van der Waals surface area contributed by atoms with Crippen LogP contribution in [0.25, 0.3) is 0 Å². The molecule has 1 aromatic heterocycles. The molecular formula is C9H10ClF2NO. The first-order valence-corrected chi connectivity index (χ1v) is 4.57. The van der Waals surface area contributed by atoms with E-state index in [2.05, 4.69) is 4.98 Å². The quantitative estimate of drug-likeness (QED) is 0.796. The van der Waals surface area contributed by atoms with E-state index >= 15 is 0 Å². The molecule has 1 rings (SSSR count). The Bertz CT molecular complexity index is 331. The Morgan fingerprint density at radius 2 is 2.14 bits per heavy atom. The van der Waals surface area contributed by atoms with Gasteiger partial charge in [-0.1, -0.05) is 0 Å². The number of alkyl halides is 3. The lowest BCUT2D eigenvalue weighted by Crippen LogP contribution is -2.03. The molecule has 1 aromatic rings. The van der Waals surface area contributed by atoms with Gasteiger partial charge in [-0.05, 0) is 18.6 Å². The molecule has 0 saturated heterocycles. The van der Waals surface area contributed by atoms with Crippen LogP contribution in [0.4, 0.5) is 8.78 Å². The zero-order valence-electron chi connectivity index (χ0n) is 7.60. The minimum atomic E-state index is -2.58. The molecular weight excluding hydrogens is 212 g/mol. The van der Waals surface area contributed by atoms with E-state index in [0.717, 1.165) is 0 Å². The number of aryl methyl sites for hydroxylation is 1. The van der Waals surface area contributed by atoms with Crippen LogP contribution in [0.3, 0.4) is 0 Å². The van der Waals surface area contributed by atoms with E-state index in [1.807, 2.05) is 0 Å². The zero-order chi connectivity index (χ0) is 10.7. The normalized spacial score (nSPS) is 11.0. The van der Waals surface area contributed by atoms with E-state index in [9.17, 15) is 8.78 Å². The number of hydrogen-bond acceptors (Lipinski definition) is 2. The molecule has 0 aliphatic rings.